The first kappa shape index (κ1) is 13.0. The van der Waals surface area contributed by atoms with E-state index in [0.29, 0.717) is 0 Å². The van der Waals surface area contributed by atoms with Crippen molar-refractivity contribution >= 4 is 21.7 Å². The molecule has 0 saturated carbocycles. The van der Waals surface area contributed by atoms with Gasteiger partial charge < -0.3 is 10.0 Å². The zero-order valence-electron chi connectivity index (χ0n) is 10.5. The largest absolute Gasteiger partial charge is 0.480 e. The van der Waals surface area contributed by atoms with Crippen LogP contribution in [0.1, 0.15) is 13.3 Å². The summed E-state index contributed by atoms with van der Waals surface area (Å²) in [6.45, 7) is 1.18. The van der Waals surface area contributed by atoms with E-state index in [1.807, 2.05) is 0 Å². The molecule has 1 aromatic heterocycles. The molecule has 9 nitrogen and oxygen atoms in total. The van der Waals surface area contributed by atoms with Crippen LogP contribution >= 0.6 is 0 Å². The second-order valence-corrected chi connectivity index (χ2v) is 7.73. The standard InChI is InChI=1S/C10H12N4O5S/c1-10(5-13-3-2-11-12-13)8(9(16)17)14-6(15)4-7(14)20(10,18)19/h2-3,7-8H,4-5H2,1H3,(H,16,17)/t7?,8-,10?/m0/s1. The molecule has 0 bridgehead atoms. The average Bonchev–Trinajstić information content (AvgIpc) is 2.87. The van der Waals surface area contributed by atoms with Crippen LogP contribution in [0.3, 0.4) is 0 Å². The predicted octanol–water partition coefficient (Wildman–Crippen LogP) is -1.52. The number of nitrogens with zero attached hydrogens (tertiary/aromatic N) is 4. The van der Waals surface area contributed by atoms with Crippen LogP contribution in [0.15, 0.2) is 12.4 Å². The highest BCUT2D eigenvalue weighted by Gasteiger charge is 2.70. The van der Waals surface area contributed by atoms with E-state index in [1.165, 1.54) is 24.0 Å². The van der Waals surface area contributed by atoms with Gasteiger partial charge in [-0.2, -0.15) is 0 Å². The van der Waals surface area contributed by atoms with E-state index in [0.717, 1.165) is 4.90 Å². The fraction of sp³-hybridized carbons (Fsp3) is 0.600. The Morgan fingerprint density at radius 2 is 2.30 bits per heavy atom. The summed E-state index contributed by atoms with van der Waals surface area (Å²) in [6, 6.07) is -1.40. The molecule has 20 heavy (non-hydrogen) atoms. The first-order valence-electron chi connectivity index (χ1n) is 5.90. The van der Waals surface area contributed by atoms with Crippen molar-refractivity contribution in [3.8, 4) is 0 Å². The lowest BCUT2D eigenvalue weighted by molar-refractivity contribution is -0.157. The number of β-lactam (4-membered cyclic amide) rings is 1. The Balaban J connectivity index is 2.10. The van der Waals surface area contributed by atoms with Crippen molar-refractivity contribution in [2.24, 2.45) is 0 Å². The van der Waals surface area contributed by atoms with Crippen molar-refractivity contribution in [1.82, 2.24) is 19.9 Å². The lowest BCUT2D eigenvalue weighted by atomic mass is 9.96. The number of hydrogen-bond donors (Lipinski definition) is 1. The Labute approximate surface area is 114 Å². The number of sulfone groups is 1. The molecule has 108 valence electrons. The molecule has 1 N–H and O–H groups in total. The highest BCUT2D eigenvalue weighted by Crippen LogP contribution is 2.46. The van der Waals surface area contributed by atoms with E-state index in [4.69, 9.17) is 0 Å². The van der Waals surface area contributed by atoms with Gasteiger partial charge in [0.2, 0.25) is 5.91 Å². The fourth-order valence-corrected chi connectivity index (χ4v) is 5.29. The molecule has 0 aromatic carbocycles. The maximum absolute atomic E-state index is 12.5. The predicted molar refractivity (Wildman–Crippen MR) is 64.0 cm³/mol. The van der Waals surface area contributed by atoms with Crippen molar-refractivity contribution in [2.45, 2.75) is 36.1 Å². The molecule has 2 aliphatic rings. The normalized spacial score (nSPS) is 34.6. The maximum Gasteiger partial charge on any atom is 0.328 e. The minimum atomic E-state index is -3.80. The summed E-state index contributed by atoms with van der Waals surface area (Å²) in [4.78, 5) is 24.0. The van der Waals surface area contributed by atoms with Crippen LogP contribution in [-0.2, 0) is 26.0 Å². The van der Waals surface area contributed by atoms with Crippen molar-refractivity contribution in [3.05, 3.63) is 12.4 Å². The minimum absolute atomic E-state index is 0.154. The molecule has 0 radical (unpaired) electrons. The summed E-state index contributed by atoms with van der Waals surface area (Å²) in [5.41, 5.74) is 0. The van der Waals surface area contributed by atoms with Gasteiger partial charge in [0.25, 0.3) is 0 Å². The summed E-state index contributed by atoms with van der Waals surface area (Å²) in [5, 5.41) is 15.6. The average molecular weight is 300 g/mol. The second kappa shape index (κ2) is 3.78. The van der Waals surface area contributed by atoms with E-state index in [-0.39, 0.29) is 13.0 Å². The van der Waals surface area contributed by atoms with Crippen LogP contribution in [0.25, 0.3) is 0 Å². The lowest BCUT2D eigenvalue weighted by Gasteiger charge is -2.35. The molecule has 2 aliphatic heterocycles. The van der Waals surface area contributed by atoms with Gasteiger partial charge in [-0.1, -0.05) is 5.21 Å². The number of hydrogen-bond acceptors (Lipinski definition) is 6. The number of carbonyl (C=O) groups excluding carboxylic acids is 1. The van der Waals surface area contributed by atoms with Crippen molar-refractivity contribution in [3.63, 3.8) is 0 Å². The third-order valence-corrected chi connectivity index (χ3v) is 6.76. The quantitative estimate of drug-likeness (QED) is 0.672. The maximum atomic E-state index is 12.5. The number of carbonyl (C=O) groups is 2. The molecular weight excluding hydrogens is 288 g/mol. The Morgan fingerprint density at radius 3 is 2.80 bits per heavy atom. The first-order chi connectivity index (χ1) is 9.29. The van der Waals surface area contributed by atoms with E-state index in [9.17, 15) is 23.1 Å². The summed E-state index contributed by atoms with van der Waals surface area (Å²) >= 11 is 0. The van der Waals surface area contributed by atoms with Crippen LogP contribution in [0, 0.1) is 0 Å². The number of aliphatic carboxylic acids is 1. The molecule has 1 aromatic rings. The Kier molecular flexibility index (Phi) is 2.46. The third kappa shape index (κ3) is 1.39. The van der Waals surface area contributed by atoms with Gasteiger partial charge in [0.1, 0.15) is 10.1 Å². The third-order valence-electron chi connectivity index (χ3n) is 3.99. The summed E-state index contributed by atoms with van der Waals surface area (Å²) in [5.74, 6) is -1.78. The highest BCUT2D eigenvalue weighted by atomic mass is 32.2. The molecule has 2 fully saturated rings. The minimum Gasteiger partial charge on any atom is -0.480 e. The van der Waals surface area contributed by atoms with E-state index in [2.05, 4.69) is 10.3 Å². The first-order valence-corrected chi connectivity index (χ1v) is 7.45. The molecule has 1 amide bonds. The van der Waals surface area contributed by atoms with Gasteiger partial charge in [0.05, 0.1) is 19.2 Å². The number of aromatic nitrogens is 3. The lowest BCUT2D eigenvalue weighted by Crippen LogP contribution is -2.58. The van der Waals surface area contributed by atoms with Crippen LogP contribution < -0.4 is 0 Å². The summed E-state index contributed by atoms with van der Waals surface area (Å²) < 4.78 is 24.7. The molecule has 3 atom stereocenters. The number of fused-ring (bicyclic) bond motifs is 1. The summed E-state index contributed by atoms with van der Waals surface area (Å²) in [7, 11) is -3.80. The van der Waals surface area contributed by atoms with Gasteiger partial charge in [-0.05, 0) is 6.92 Å². The molecule has 3 rings (SSSR count). The zero-order chi connectivity index (χ0) is 14.7. The molecule has 10 heteroatoms. The zero-order valence-corrected chi connectivity index (χ0v) is 11.3. The van der Waals surface area contributed by atoms with E-state index in [1.54, 1.807) is 0 Å². The molecule has 2 saturated heterocycles. The van der Waals surface area contributed by atoms with Crippen molar-refractivity contribution < 1.29 is 23.1 Å². The van der Waals surface area contributed by atoms with E-state index >= 15 is 0 Å². The molecule has 3 heterocycles. The summed E-state index contributed by atoms with van der Waals surface area (Å²) in [6.07, 6.45) is 2.68. The van der Waals surface area contributed by atoms with Gasteiger partial charge in [0, 0.05) is 6.20 Å². The van der Waals surface area contributed by atoms with Crippen LogP contribution in [-0.4, -0.2) is 61.5 Å². The fourth-order valence-electron chi connectivity index (χ4n) is 2.93. The second-order valence-electron chi connectivity index (χ2n) is 5.16. The monoisotopic (exact) mass is 300 g/mol. The van der Waals surface area contributed by atoms with Gasteiger partial charge in [0.15, 0.2) is 15.9 Å². The number of carboxylic acid groups (broad SMARTS) is 1. The van der Waals surface area contributed by atoms with Gasteiger partial charge in [-0.3, -0.25) is 9.48 Å². The topological polar surface area (TPSA) is 122 Å². The van der Waals surface area contributed by atoms with Crippen LogP contribution in [0.2, 0.25) is 0 Å². The van der Waals surface area contributed by atoms with Gasteiger partial charge in [-0.25, -0.2) is 13.2 Å². The number of carboxylic acids is 1. The number of rotatable bonds is 3. The highest BCUT2D eigenvalue weighted by molar-refractivity contribution is 7.93. The number of amides is 1. The molecular formula is C10H12N4O5S. The Morgan fingerprint density at radius 1 is 1.60 bits per heavy atom. The Hall–Kier alpha value is -1.97. The van der Waals surface area contributed by atoms with Crippen molar-refractivity contribution in [1.29, 1.82) is 0 Å². The van der Waals surface area contributed by atoms with Crippen LogP contribution in [0.4, 0.5) is 0 Å². The van der Waals surface area contributed by atoms with Crippen molar-refractivity contribution in [2.75, 3.05) is 0 Å². The van der Waals surface area contributed by atoms with Gasteiger partial charge in [-0.15, -0.1) is 5.10 Å². The smallest absolute Gasteiger partial charge is 0.328 e. The SMILES string of the molecule is CC1(Cn2ccnn2)[C@H](C(=O)O)N2C(=O)CC2S1(=O)=O. The van der Waals surface area contributed by atoms with E-state index < -0.39 is 37.9 Å². The van der Waals surface area contributed by atoms with Crippen LogP contribution in [0.5, 0.6) is 0 Å². The molecule has 2 unspecified atom stereocenters. The van der Waals surface area contributed by atoms with Gasteiger partial charge >= 0.3 is 5.97 Å². The molecule has 0 spiro atoms. The Bertz CT molecular complexity index is 685. The molecule has 0 aliphatic carbocycles.